The zero-order valence-electron chi connectivity index (χ0n) is 12.1. The Morgan fingerprint density at radius 1 is 1.39 bits per heavy atom. The average Bonchev–Trinajstić information content (AvgIpc) is 3.17. The monoisotopic (exact) mass is 347 g/mol. The Kier molecular flexibility index (Phi) is 4.99. The zero-order chi connectivity index (χ0) is 16.1. The van der Waals surface area contributed by atoms with Crippen LogP contribution in [0.4, 0.5) is 0 Å². The molecule has 2 aromatic heterocycles. The molecular weight excluding hydrogens is 334 g/mol. The van der Waals surface area contributed by atoms with Crippen LogP contribution in [0.3, 0.4) is 0 Å². The first-order chi connectivity index (χ1) is 11.2. The number of halogens is 1. The SMILES string of the molecule is O=C(Cc1csc(Cc2cccc(Cl)c2)n1)NCc1ncn[nH]1. The van der Waals surface area contributed by atoms with Crippen molar-refractivity contribution in [1.29, 1.82) is 0 Å². The molecule has 3 rings (SSSR count). The molecule has 0 aliphatic heterocycles. The fourth-order valence-corrected chi connectivity index (χ4v) is 3.10. The maximum Gasteiger partial charge on any atom is 0.226 e. The van der Waals surface area contributed by atoms with E-state index < -0.39 is 0 Å². The minimum absolute atomic E-state index is 0.0963. The van der Waals surface area contributed by atoms with Gasteiger partial charge in [0.2, 0.25) is 5.91 Å². The van der Waals surface area contributed by atoms with Gasteiger partial charge in [0.1, 0.15) is 12.2 Å². The van der Waals surface area contributed by atoms with E-state index in [1.165, 1.54) is 6.33 Å². The normalized spacial score (nSPS) is 10.7. The number of amides is 1. The smallest absolute Gasteiger partial charge is 0.226 e. The van der Waals surface area contributed by atoms with Gasteiger partial charge >= 0.3 is 0 Å². The van der Waals surface area contributed by atoms with Crippen molar-refractivity contribution in [2.45, 2.75) is 19.4 Å². The maximum absolute atomic E-state index is 11.9. The Bertz CT molecular complexity index is 787. The van der Waals surface area contributed by atoms with Crippen molar-refractivity contribution < 1.29 is 4.79 Å². The van der Waals surface area contributed by atoms with E-state index in [1.807, 2.05) is 29.6 Å². The molecule has 0 radical (unpaired) electrons. The number of hydrogen-bond donors (Lipinski definition) is 2. The van der Waals surface area contributed by atoms with Crippen molar-refractivity contribution in [1.82, 2.24) is 25.5 Å². The Balaban J connectivity index is 1.53. The number of nitrogens with zero attached hydrogens (tertiary/aromatic N) is 3. The summed E-state index contributed by atoms with van der Waals surface area (Å²) in [5.74, 6) is 0.527. The fraction of sp³-hybridized carbons (Fsp3) is 0.200. The molecule has 118 valence electrons. The summed E-state index contributed by atoms with van der Waals surface area (Å²) in [4.78, 5) is 20.3. The summed E-state index contributed by atoms with van der Waals surface area (Å²) in [6, 6.07) is 7.70. The van der Waals surface area contributed by atoms with Crippen LogP contribution in [0.2, 0.25) is 5.02 Å². The molecule has 23 heavy (non-hydrogen) atoms. The highest BCUT2D eigenvalue weighted by atomic mass is 35.5. The Morgan fingerprint density at radius 2 is 2.30 bits per heavy atom. The number of hydrogen-bond acceptors (Lipinski definition) is 5. The number of H-pyrrole nitrogens is 1. The molecule has 0 atom stereocenters. The summed E-state index contributed by atoms with van der Waals surface area (Å²) in [5, 5.41) is 12.8. The Labute approximate surface area is 141 Å². The van der Waals surface area contributed by atoms with Gasteiger partial charge in [-0.25, -0.2) is 9.97 Å². The Morgan fingerprint density at radius 3 is 3.09 bits per heavy atom. The lowest BCUT2D eigenvalue weighted by Gasteiger charge is -2.01. The molecular formula is C15H14ClN5OS. The quantitative estimate of drug-likeness (QED) is 0.717. The summed E-state index contributed by atoms with van der Waals surface area (Å²) in [5.41, 5.74) is 1.87. The van der Waals surface area contributed by atoms with E-state index in [0.29, 0.717) is 23.8 Å². The molecule has 0 saturated heterocycles. The second-order valence-electron chi connectivity index (χ2n) is 4.92. The second kappa shape index (κ2) is 7.34. The number of rotatable bonds is 6. The van der Waals surface area contributed by atoms with Gasteiger partial charge < -0.3 is 5.32 Å². The van der Waals surface area contributed by atoms with Crippen LogP contribution in [0.25, 0.3) is 0 Å². The number of thiazole rings is 1. The predicted octanol–water partition coefficient (Wildman–Crippen LogP) is 2.36. The first-order valence-corrected chi connectivity index (χ1v) is 8.23. The van der Waals surface area contributed by atoms with Gasteiger partial charge in [0, 0.05) is 16.8 Å². The molecule has 2 N–H and O–H groups in total. The van der Waals surface area contributed by atoms with E-state index in [0.717, 1.165) is 16.3 Å². The fourth-order valence-electron chi connectivity index (χ4n) is 2.06. The molecule has 1 aromatic carbocycles. The van der Waals surface area contributed by atoms with Crippen molar-refractivity contribution in [3.05, 3.63) is 63.1 Å². The van der Waals surface area contributed by atoms with E-state index in [2.05, 4.69) is 25.5 Å². The summed E-state index contributed by atoms with van der Waals surface area (Å²) >= 11 is 7.53. The molecule has 0 bridgehead atoms. The molecule has 0 aliphatic rings. The standard InChI is InChI=1S/C15H14ClN5OS/c16-11-3-1-2-10(4-11)5-15-20-12(8-23-15)6-14(22)17-7-13-18-9-19-21-13/h1-4,8-9H,5-7H2,(H,17,22)(H,18,19,21). The van der Waals surface area contributed by atoms with Gasteiger partial charge in [-0.2, -0.15) is 5.10 Å². The van der Waals surface area contributed by atoms with Crippen molar-refractivity contribution in [3.63, 3.8) is 0 Å². The topological polar surface area (TPSA) is 83.6 Å². The van der Waals surface area contributed by atoms with Crippen molar-refractivity contribution in [2.24, 2.45) is 0 Å². The van der Waals surface area contributed by atoms with E-state index in [9.17, 15) is 4.79 Å². The predicted molar refractivity (Wildman–Crippen MR) is 88.3 cm³/mol. The summed E-state index contributed by atoms with van der Waals surface area (Å²) in [6.07, 6.45) is 2.37. The summed E-state index contributed by atoms with van der Waals surface area (Å²) < 4.78 is 0. The minimum Gasteiger partial charge on any atom is -0.348 e. The number of aromatic amines is 1. The van der Waals surface area contributed by atoms with E-state index in [-0.39, 0.29) is 12.3 Å². The van der Waals surface area contributed by atoms with Crippen LogP contribution >= 0.6 is 22.9 Å². The first kappa shape index (κ1) is 15.6. The molecule has 6 nitrogen and oxygen atoms in total. The highest BCUT2D eigenvalue weighted by molar-refractivity contribution is 7.09. The van der Waals surface area contributed by atoms with Gasteiger partial charge in [0.25, 0.3) is 0 Å². The molecule has 0 saturated carbocycles. The lowest BCUT2D eigenvalue weighted by molar-refractivity contribution is -0.120. The maximum atomic E-state index is 11.9. The summed E-state index contributed by atoms with van der Waals surface area (Å²) in [7, 11) is 0. The van der Waals surface area contributed by atoms with Gasteiger partial charge in [-0.05, 0) is 17.7 Å². The number of nitrogens with one attached hydrogen (secondary N) is 2. The molecule has 0 aliphatic carbocycles. The number of aromatic nitrogens is 4. The van der Waals surface area contributed by atoms with E-state index in [4.69, 9.17) is 11.6 Å². The molecule has 1 amide bonds. The lowest BCUT2D eigenvalue weighted by Crippen LogP contribution is -2.25. The van der Waals surface area contributed by atoms with Crippen LogP contribution < -0.4 is 5.32 Å². The van der Waals surface area contributed by atoms with Gasteiger partial charge in [0.15, 0.2) is 0 Å². The van der Waals surface area contributed by atoms with Crippen LogP contribution in [0.1, 0.15) is 22.1 Å². The first-order valence-electron chi connectivity index (χ1n) is 6.98. The molecule has 0 unspecified atom stereocenters. The highest BCUT2D eigenvalue weighted by Crippen LogP contribution is 2.18. The van der Waals surface area contributed by atoms with Crippen LogP contribution in [0.15, 0.2) is 36.0 Å². The zero-order valence-corrected chi connectivity index (χ0v) is 13.7. The van der Waals surface area contributed by atoms with Crippen LogP contribution in [-0.2, 0) is 24.2 Å². The van der Waals surface area contributed by atoms with Crippen molar-refractivity contribution >= 4 is 28.8 Å². The van der Waals surface area contributed by atoms with Crippen LogP contribution in [0, 0.1) is 0 Å². The third kappa shape index (κ3) is 4.61. The third-order valence-corrected chi connectivity index (χ3v) is 4.24. The highest BCUT2D eigenvalue weighted by Gasteiger charge is 2.09. The minimum atomic E-state index is -0.0963. The van der Waals surface area contributed by atoms with Gasteiger partial charge in [-0.1, -0.05) is 23.7 Å². The summed E-state index contributed by atoms with van der Waals surface area (Å²) in [6.45, 7) is 0.332. The van der Waals surface area contributed by atoms with Gasteiger partial charge in [0.05, 0.1) is 23.7 Å². The van der Waals surface area contributed by atoms with Crippen molar-refractivity contribution in [3.8, 4) is 0 Å². The average molecular weight is 348 g/mol. The van der Waals surface area contributed by atoms with Gasteiger partial charge in [-0.15, -0.1) is 11.3 Å². The van der Waals surface area contributed by atoms with Crippen LogP contribution in [0.5, 0.6) is 0 Å². The molecule has 0 spiro atoms. The largest absolute Gasteiger partial charge is 0.348 e. The molecule has 3 aromatic rings. The number of carbonyl (C=O) groups is 1. The van der Waals surface area contributed by atoms with Crippen LogP contribution in [-0.4, -0.2) is 26.1 Å². The second-order valence-corrected chi connectivity index (χ2v) is 6.30. The van der Waals surface area contributed by atoms with Crippen molar-refractivity contribution in [2.75, 3.05) is 0 Å². The van der Waals surface area contributed by atoms with Gasteiger partial charge in [-0.3, -0.25) is 9.89 Å². The Hall–Kier alpha value is -2.25. The van der Waals surface area contributed by atoms with E-state index in [1.54, 1.807) is 11.3 Å². The van der Waals surface area contributed by atoms with E-state index >= 15 is 0 Å². The molecule has 8 heteroatoms. The third-order valence-electron chi connectivity index (χ3n) is 3.10. The molecule has 2 heterocycles. The number of benzene rings is 1. The molecule has 0 fully saturated rings. The number of carbonyl (C=O) groups excluding carboxylic acids is 1. The lowest BCUT2D eigenvalue weighted by atomic mass is 10.2.